The molecule has 0 atom stereocenters. The van der Waals surface area contributed by atoms with Gasteiger partial charge in [-0.25, -0.2) is 8.42 Å². The highest BCUT2D eigenvalue weighted by atomic mass is 32.2. The van der Waals surface area contributed by atoms with Crippen molar-refractivity contribution in [3.8, 4) is 11.8 Å². The Bertz CT molecular complexity index is 1160. The summed E-state index contributed by atoms with van der Waals surface area (Å²) in [6, 6.07) is 19.4. The molecular formula is C21H18N2O3S. The van der Waals surface area contributed by atoms with E-state index in [9.17, 15) is 13.2 Å². The Labute approximate surface area is 158 Å². The number of benzene rings is 3. The molecular weight excluding hydrogens is 360 g/mol. The number of carbonyl (C=O) groups is 1. The molecule has 3 aromatic carbocycles. The van der Waals surface area contributed by atoms with E-state index in [1.54, 1.807) is 49.5 Å². The van der Waals surface area contributed by atoms with Crippen LogP contribution in [0, 0.1) is 11.8 Å². The molecule has 0 aromatic heterocycles. The first-order valence-electron chi connectivity index (χ1n) is 8.30. The molecule has 0 aliphatic rings. The summed E-state index contributed by atoms with van der Waals surface area (Å²) < 4.78 is 27.4. The summed E-state index contributed by atoms with van der Waals surface area (Å²) in [5.74, 6) is 5.37. The van der Waals surface area contributed by atoms with E-state index >= 15 is 0 Å². The van der Waals surface area contributed by atoms with Crippen molar-refractivity contribution in [3.63, 3.8) is 0 Å². The van der Waals surface area contributed by atoms with Crippen LogP contribution in [0.1, 0.15) is 15.9 Å². The van der Waals surface area contributed by atoms with Crippen LogP contribution in [0.3, 0.4) is 0 Å². The first-order chi connectivity index (χ1) is 13.0. The molecule has 0 heterocycles. The number of rotatable bonds is 4. The second-order valence-electron chi connectivity index (χ2n) is 5.76. The van der Waals surface area contributed by atoms with Gasteiger partial charge in [0.15, 0.2) is 0 Å². The summed E-state index contributed by atoms with van der Waals surface area (Å²) in [5.41, 5.74) is 0.992. The standard InChI is InChI=1S/C21H18N2O3S/c1-22-21(24)20-11-5-4-8-17(20)10-6-14-23-27(25,26)19-13-12-16-7-2-3-9-18(16)15-19/h2-5,7-9,11-13,15,23H,14H2,1H3,(H,22,24). The van der Waals surface area contributed by atoms with E-state index in [2.05, 4.69) is 21.9 Å². The van der Waals surface area contributed by atoms with Crippen molar-refractivity contribution in [2.24, 2.45) is 0 Å². The van der Waals surface area contributed by atoms with E-state index in [0.29, 0.717) is 11.1 Å². The molecule has 1 amide bonds. The Hall–Kier alpha value is -3.14. The lowest BCUT2D eigenvalue weighted by Gasteiger charge is -2.05. The van der Waals surface area contributed by atoms with Gasteiger partial charge in [-0.1, -0.05) is 54.3 Å². The van der Waals surface area contributed by atoms with E-state index < -0.39 is 10.0 Å². The second kappa shape index (κ2) is 8.04. The molecule has 0 spiro atoms. The third kappa shape index (κ3) is 4.34. The van der Waals surface area contributed by atoms with Crippen LogP contribution in [0.2, 0.25) is 0 Å². The van der Waals surface area contributed by atoms with Crippen LogP contribution in [0.4, 0.5) is 0 Å². The number of carbonyl (C=O) groups excluding carboxylic acids is 1. The predicted molar refractivity (Wildman–Crippen MR) is 106 cm³/mol. The lowest BCUT2D eigenvalue weighted by molar-refractivity contribution is 0.0963. The highest BCUT2D eigenvalue weighted by Crippen LogP contribution is 2.18. The number of nitrogens with one attached hydrogen (secondary N) is 2. The highest BCUT2D eigenvalue weighted by molar-refractivity contribution is 7.89. The predicted octanol–water partition coefficient (Wildman–Crippen LogP) is 2.53. The molecule has 27 heavy (non-hydrogen) atoms. The smallest absolute Gasteiger partial charge is 0.252 e. The minimum atomic E-state index is -3.67. The zero-order valence-corrected chi connectivity index (χ0v) is 15.5. The van der Waals surface area contributed by atoms with Gasteiger partial charge in [0.25, 0.3) is 5.91 Å². The average Bonchev–Trinajstić information content (AvgIpc) is 2.70. The molecule has 0 bridgehead atoms. The van der Waals surface area contributed by atoms with Gasteiger partial charge in [-0.3, -0.25) is 4.79 Å². The van der Waals surface area contributed by atoms with Crippen molar-refractivity contribution in [2.75, 3.05) is 13.6 Å². The molecule has 0 saturated heterocycles. The Balaban J connectivity index is 1.75. The van der Waals surface area contributed by atoms with Crippen LogP contribution in [-0.2, 0) is 10.0 Å². The van der Waals surface area contributed by atoms with Crippen molar-refractivity contribution in [1.29, 1.82) is 0 Å². The van der Waals surface area contributed by atoms with Gasteiger partial charge in [0.05, 0.1) is 17.0 Å². The van der Waals surface area contributed by atoms with Crippen molar-refractivity contribution in [2.45, 2.75) is 4.90 Å². The Morgan fingerprint density at radius 2 is 1.67 bits per heavy atom. The largest absolute Gasteiger partial charge is 0.355 e. The fourth-order valence-electron chi connectivity index (χ4n) is 2.61. The minimum absolute atomic E-state index is 0.0583. The first kappa shape index (κ1) is 18.6. The van der Waals surface area contributed by atoms with Gasteiger partial charge in [0.1, 0.15) is 0 Å². The SMILES string of the molecule is CNC(=O)c1ccccc1C#CCNS(=O)(=O)c1ccc2ccccc2c1. The van der Waals surface area contributed by atoms with Gasteiger partial charge in [-0.15, -0.1) is 0 Å². The topological polar surface area (TPSA) is 75.3 Å². The van der Waals surface area contributed by atoms with E-state index in [0.717, 1.165) is 10.8 Å². The van der Waals surface area contributed by atoms with Crippen LogP contribution in [0.15, 0.2) is 71.6 Å². The Morgan fingerprint density at radius 1 is 0.963 bits per heavy atom. The molecule has 0 fully saturated rings. The third-order valence-corrected chi connectivity index (χ3v) is 5.40. The monoisotopic (exact) mass is 378 g/mol. The number of fused-ring (bicyclic) bond motifs is 1. The maximum Gasteiger partial charge on any atom is 0.252 e. The van der Waals surface area contributed by atoms with Crippen molar-refractivity contribution >= 4 is 26.7 Å². The van der Waals surface area contributed by atoms with Gasteiger partial charge < -0.3 is 5.32 Å². The van der Waals surface area contributed by atoms with Gasteiger partial charge >= 0.3 is 0 Å². The summed E-state index contributed by atoms with van der Waals surface area (Å²) in [7, 11) is -2.12. The molecule has 3 aromatic rings. The number of hydrogen-bond acceptors (Lipinski definition) is 3. The summed E-state index contributed by atoms with van der Waals surface area (Å²) in [6.45, 7) is -0.0583. The van der Waals surface area contributed by atoms with Crippen molar-refractivity contribution in [3.05, 3.63) is 77.9 Å². The van der Waals surface area contributed by atoms with Crippen molar-refractivity contribution < 1.29 is 13.2 Å². The zero-order valence-electron chi connectivity index (χ0n) is 14.7. The minimum Gasteiger partial charge on any atom is -0.355 e. The molecule has 0 aliphatic carbocycles. The van der Waals surface area contributed by atoms with Gasteiger partial charge in [0.2, 0.25) is 10.0 Å². The molecule has 2 N–H and O–H groups in total. The second-order valence-corrected chi connectivity index (χ2v) is 7.53. The maximum atomic E-state index is 12.5. The molecule has 0 radical (unpaired) electrons. The lowest BCUT2D eigenvalue weighted by Crippen LogP contribution is -2.24. The zero-order chi connectivity index (χ0) is 19.3. The highest BCUT2D eigenvalue weighted by Gasteiger charge is 2.13. The summed E-state index contributed by atoms with van der Waals surface area (Å²) in [5, 5.41) is 4.38. The number of amides is 1. The van der Waals surface area contributed by atoms with Crippen LogP contribution < -0.4 is 10.0 Å². The van der Waals surface area contributed by atoms with Gasteiger partial charge in [0, 0.05) is 12.6 Å². The molecule has 0 unspecified atom stereocenters. The molecule has 0 aliphatic heterocycles. The normalized spacial score (nSPS) is 10.9. The maximum absolute atomic E-state index is 12.5. The third-order valence-electron chi connectivity index (χ3n) is 4.00. The van der Waals surface area contributed by atoms with Crippen LogP contribution in [0.5, 0.6) is 0 Å². The Morgan fingerprint density at radius 3 is 2.44 bits per heavy atom. The molecule has 0 saturated carbocycles. The summed E-state index contributed by atoms with van der Waals surface area (Å²) in [6.07, 6.45) is 0. The van der Waals surface area contributed by atoms with Gasteiger partial charge in [-0.05, 0) is 35.0 Å². The first-order valence-corrected chi connectivity index (χ1v) is 9.78. The van der Waals surface area contributed by atoms with Crippen LogP contribution >= 0.6 is 0 Å². The molecule has 136 valence electrons. The fourth-order valence-corrected chi connectivity index (χ4v) is 3.57. The number of hydrogen-bond donors (Lipinski definition) is 2. The van der Waals surface area contributed by atoms with Crippen molar-refractivity contribution in [1.82, 2.24) is 10.0 Å². The Kier molecular flexibility index (Phi) is 5.55. The van der Waals surface area contributed by atoms with E-state index in [1.165, 1.54) is 0 Å². The quantitative estimate of drug-likeness (QED) is 0.685. The summed E-state index contributed by atoms with van der Waals surface area (Å²) in [4.78, 5) is 12.0. The van der Waals surface area contributed by atoms with E-state index in [-0.39, 0.29) is 17.3 Å². The lowest BCUT2D eigenvalue weighted by atomic mass is 10.1. The molecule has 3 rings (SSSR count). The van der Waals surface area contributed by atoms with E-state index in [4.69, 9.17) is 0 Å². The number of sulfonamides is 1. The molecule has 5 nitrogen and oxygen atoms in total. The van der Waals surface area contributed by atoms with E-state index in [1.807, 2.05) is 24.3 Å². The molecule has 6 heteroatoms. The van der Waals surface area contributed by atoms with Crippen LogP contribution in [-0.4, -0.2) is 27.9 Å². The summed E-state index contributed by atoms with van der Waals surface area (Å²) >= 11 is 0. The average molecular weight is 378 g/mol. The fraction of sp³-hybridized carbons (Fsp3) is 0.0952. The van der Waals surface area contributed by atoms with Crippen LogP contribution in [0.25, 0.3) is 10.8 Å². The van der Waals surface area contributed by atoms with Gasteiger partial charge in [-0.2, -0.15) is 4.72 Å².